The highest BCUT2D eigenvalue weighted by atomic mass is 16.7. The van der Waals surface area contributed by atoms with Crippen LogP contribution in [0.4, 0.5) is 0 Å². The summed E-state index contributed by atoms with van der Waals surface area (Å²) >= 11 is 0. The Kier molecular flexibility index (Phi) is 5.53. The minimum Gasteiger partial charge on any atom is -0.465 e. The predicted octanol–water partition coefficient (Wildman–Crippen LogP) is -1.24. The van der Waals surface area contributed by atoms with Crippen molar-refractivity contribution in [2.24, 2.45) is 34.0 Å². The van der Waals surface area contributed by atoms with Gasteiger partial charge < -0.3 is 44.8 Å². The Hall–Kier alpha value is -1.60. The van der Waals surface area contributed by atoms with Crippen LogP contribution >= 0.6 is 0 Å². The van der Waals surface area contributed by atoms with Crippen molar-refractivity contribution in [3.05, 3.63) is 12.2 Å². The summed E-state index contributed by atoms with van der Waals surface area (Å²) < 4.78 is 16.8. The van der Waals surface area contributed by atoms with Crippen LogP contribution in [-0.2, 0) is 23.8 Å². The van der Waals surface area contributed by atoms with E-state index in [1.165, 1.54) is 0 Å². The molecule has 0 aromatic heterocycles. The number of hydrogen-bond acceptors (Lipinski definition) is 11. The minimum absolute atomic E-state index is 0.100. The van der Waals surface area contributed by atoms with Gasteiger partial charge >= 0.3 is 11.9 Å². The highest BCUT2D eigenvalue weighted by Crippen LogP contribution is 2.79. The third kappa shape index (κ3) is 3.02. The number of carbonyl (C=O) groups excluding carboxylic acids is 2. The molecule has 0 radical (unpaired) electrons. The molecule has 0 aromatic rings. The summed E-state index contributed by atoms with van der Waals surface area (Å²) in [7, 11) is 0. The zero-order valence-electron chi connectivity index (χ0n) is 20.8. The third-order valence-electron chi connectivity index (χ3n) is 11.1. The van der Waals surface area contributed by atoms with Gasteiger partial charge in [-0.25, -0.2) is 0 Å². The van der Waals surface area contributed by atoms with Crippen LogP contribution in [0.1, 0.15) is 45.4 Å². The van der Waals surface area contributed by atoms with E-state index in [-0.39, 0.29) is 18.9 Å². The van der Waals surface area contributed by atoms with Gasteiger partial charge in [-0.3, -0.25) is 9.59 Å². The summed E-state index contributed by atoms with van der Waals surface area (Å²) in [4.78, 5) is 27.4. The third-order valence-corrected chi connectivity index (χ3v) is 11.1. The summed E-state index contributed by atoms with van der Waals surface area (Å²) in [6, 6.07) is 0. The summed E-state index contributed by atoms with van der Waals surface area (Å²) in [5, 5.41) is 62.9. The monoisotopic (exact) mass is 524 g/mol. The van der Waals surface area contributed by atoms with E-state index in [4.69, 9.17) is 14.2 Å². The van der Waals surface area contributed by atoms with Crippen molar-refractivity contribution in [3.8, 4) is 0 Å². The van der Waals surface area contributed by atoms with E-state index in [9.17, 15) is 40.2 Å². The number of aliphatic hydroxyl groups is 6. The van der Waals surface area contributed by atoms with E-state index in [0.29, 0.717) is 37.7 Å². The second-order valence-corrected chi connectivity index (χ2v) is 12.5. The summed E-state index contributed by atoms with van der Waals surface area (Å²) in [6.45, 7) is 5.20. The van der Waals surface area contributed by atoms with E-state index in [0.717, 1.165) is 0 Å². The SMILES string of the molecule is C=C1C[C@]23C[C@@]1(O)CC[C@H]2[C@@]12CC[C@H](O)[C@@](C)(C(=O)OC1)[C@H]2[C@@H]3C(=O)O[C@@H]1O[C@H](CO)[C@@H](O)[C@H](O)[C@H]1O. The molecule has 206 valence electrons. The Labute approximate surface area is 214 Å². The average Bonchev–Trinajstić information content (AvgIpc) is 3.23. The summed E-state index contributed by atoms with van der Waals surface area (Å²) in [6.07, 6.45) is -6.46. The highest BCUT2D eigenvalue weighted by Gasteiger charge is 2.81. The number of fused-ring (bicyclic) bond motifs is 1. The molecule has 2 aliphatic heterocycles. The van der Waals surface area contributed by atoms with Gasteiger partial charge in [-0.1, -0.05) is 6.58 Å². The topological polar surface area (TPSA) is 183 Å². The molecule has 0 amide bonds. The fourth-order valence-electron chi connectivity index (χ4n) is 9.44. The molecule has 2 heterocycles. The first-order valence-corrected chi connectivity index (χ1v) is 13.1. The van der Waals surface area contributed by atoms with Gasteiger partial charge in [0, 0.05) is 11.3 Å². The number of rotatable bonds is 3. The van der Waals surface area contributed by atoms with Crippen LogP contribution in [0.2, 0.25) is 0 Å². The lowest BCUT2D eigenvalue weighted by atomic mass is 9.50. The van der Waals surface area contributed by atoms with Gasteiger partial charge in [-0.2, -0.15) is 0 Å². The van der Waals surface area contributed by atoms with E-state index in [1.54, 1.807) is 6.92 Å². The largest absolute Gasteiger partial charge is 0.465 e. The Bertz CT molecular complexity index is 1030. The molecular weight excluding hydrogens is 488 g/mol. The molecule has 11 heteroatoms. The Morgan fingerprint density at radius 3 is 2.54 bits per heavy atom. The zero-order chi connectivity index (χ0) is 26.7. The highest BCUT2D eigenvalue weighted by molar-refractivity contribution is 5.83. The minimum atomic E-state index is -1.77. The number of hydrogen-bond donors (Lipinski definition) is 6. The Morgan fingerprint density at radius 1 is 1.11 bits per heavy atom. The fourth-order valence-corrected chi connectivity index (χ4v) is 9.44. The molecule has 4 saturated carbocycles. The van der Waals surface area contributed by atoms with Crippen LogP contribution in [0, 0.1) is 34.0 Å². The van der Waals surface area contributed by atoms with Gasteiger partial charge in [0.05, 0.1) is 36.3 Å². The summed E-state index contributed by atoms with van der Waals surface area (Å²) in [5.41, 5.74) is -3.32. The summed E-state index contributed by atoms with van der Waals surface area (Å²) in [5.74, 6) is -3.07. The molecule has 13 atom stereocenters. The lowest BCUT2D eigenvalue weighted by Gasteiger charge is -2.57. The molecule has 4 bridgehead atoms. The second-order valence-electron chi connectivity index (χ2n) is 12.5. The fraction of sp³-hybridized carbons (Fsp3) is 0.846. The maximum absolute atomic E-state index is 14.2. The van der Waals surface area contributed by atoms with Crippen LogP contribution in [0.15, 0.2) is 12.2 Å². The zero-order valence-corrected chi connectivity index (χ0v) is 20.8. The number of aliphatic hydroxyl groups excluding tert-OH is 5. The number of cyclic esters (lactones) is 1. The molecule has 4 aliphatic carbocycles. The molecular formula is C26H36O11. The molecule has 6 rings (SSSR count). The number of carbonyl (C=O) groups is 2. The van der Waals surface area contributed by atoms with Crippen molar-refractivity contribution in [1.82, 2.24) is 0 Å². The van der Waals surface area contributed by atoms with Gasteiger partial charge in [0.15, 0.2) is 0 Å². The molecule has 6 aliphatic rings. The molecule has 6 fully saturated rings. The molecule has 0 unspecified atom stereocenters. The number of esters is 2. The maximum Gasteiger partial charge on any atom is 0.314 e. The van der Waals surface area contributed by atoms with Crippen LogP contribution in [-0.4, -0.2) is 98.2 Å². The first-order chi connectivity index (χ1) is 17.4. The average molecular weight is 525 g/mol. The standard InChI is InChI=1S/C26H36O11/c1-11-7-25-9-26(11,34)6-3-13(25)24-5-4-14(28)23(2,22(33)35-10-24)19(24)15(25)20(32)37-21-18(31)17(30)16(29)12(8-27)36-21/h12-19,21,27-31,34H,1,3-10H2,2H3/t12-,13+,14+,15-,16-,17+,18-,19-,21+,23-,24-,25+,26+/m1/s1. The van der Waals surface area contributed by atoms with Gasteiger partial charge in [-0.15, -0.1) is 0 Å². The quantitative estimate of drug-likeness (QED) is 0.192. The predicted molar refractivity (Wildman–Crippen MR) is 122 cm³/mol. The van der Waals surface area contributed by atoms with Gasteiger partial charge in [0.25, 0.3) is 0 Å². The smallest absolute Gasteiger partial charge is 0.314 e. The molecule has 1 spiro atoms. The van der Waals surface area contributed by atoms with Crippen LogP contribution in [0.5, 0.6) is 0 Å². The number of ether oxygens (including phenoxy) is 3. The Balaban J connectivity index is 1.44. The van der Waals surface area contributed by atoms with Crippen molar-refractivity contribution in [2.75, 3.05) is 13.2 Å². The van der Waals surface area contributed by atoms with Crippen LogP contribution < -0.4 is 0 Å². The van der Waals surface area contributed by atoms with Crippen molar-refractivity contribution < 1.29 is 54.4 Å². The molecule has 6 N–H and O–H groups in total. The molecule has 0 aromatic carbocycles. The van der Waals surface area contributed by atoms with E-state index >= 15 is 0 Å². The lowest BCUT2D eigenvalue weighted by Crippen LogP contribution is -2.64. The van der Waals surface area contributed by atoms with Crippen LogP contribution in [0.25, 0.3) is 0 Å². The Morgan fingerprint density at radius 2 is 1.84 bits per heavy atom. The first-order valence-electron chi connectivity index (χ1n) is 13.1. The van der Waals surface area contributed by atoms with E-state index in [2.05, 4.69) is 6.58 Å². The van der Waals surface area contributed by atoms with Crippen molar-refractivity contribution in [3.63, 3.8) is 0 Å². The van der Waals surface area contributed by atoms with Gasteiger partial charge in [0.1, 0.15) is 24.4 Å². The first kappa shape index (κ1) is 25.7. The van der Waals surface area contributed by atoms with E-state index in [1.807, 2.05) is 0 Å². The van der Waals surface area contributed by atoms with E-state index < -0.39 is 89.0 Å². The van der Waals surface area contributed by atoms with Crippen molar-refractivity contribution in [1.29, 1.82) is 0 Å². The van der Waals surface area contributed by atoms with Crippen molar-refractivity contribution in [2.45, 2.75) is 87.9 Å². The second kappa shape index (κ2) is 7.97. The molecule has 11 nitrogen and oxygen atoms in total. The normalized spacial score (nSPS) is 56.4. The van der Waals surface area contributed by atoms with Gasteiger partial charge in [-0.05, 0) is 62.4 Å². The van der Waals surface area contributed by atoms with Crippen molar-refractivity contribution >= 4 is 11.9 Å². The lowest BCUT2D eigenvalue weighted by molar-refractivity contribution is -0.296. The molecule has 2 saturated heterocycles. The maximum atomic E-state index is 14.2. The van der Waals surface area contributed by atoms with Crippen LogP contribution in [0.3, 0.4) is 0 Å². The van der Waals surface area contributed by atoms with Gasteiger partial charge in [0.2, 0.25) is 6.29 Å². The molecule has 37 heavy (non-hydrogen) atoms.